The Morgan fingerprint density at radius 3 is 2.41 bits per heavy atom. The Morgan fingerprint density at radius 2 is 1.76 bits per heavy atom. The van der Waals surface area contributed by atoms with E-state index in [9.17, 15) is 5.11 Å². The van der Waals surface area contributed by atoms with Gasteiger partial charge in [-0.1, -0.05) is 6.07 Å². The fourth-order valence-electron chi connectivity index (χ4n) is 5.22. The van der Waals surface area contributed by atoms with E-state index in [0.29, 0.717) is 24.9 Å². The van der Waals surface area contributed by atoms with Crippen molar-refractivity contribution < 1.29 is 9.50 Å². The number of pyridine rings is 2. The van der Waals surface area contributed by atoms with Crippen LogP contribution in [0.25, 0.3) is 10.9 Å². The molecule has 0 unspecified atom stereocenters. The maximum Gasteiger partial charge on any atom is 0.170 e. The molecule has 1 atom stereocenters. The molecule has 2 aliphatic heterocycles. The molecule has 1 aliphatic carbocycles. The number of nitrogens with zero attached hydrogens (tertiary/aromatic N) is 7. The van der Waals surface area contributed by atoms with Crippen molar-refractivity contribution in [2.24, 2.45) is 0 Å². The number of aliphatic hydroxyl groups is 1. The van der Waals surface area contributed by atoms with Crippen LogP contribution in [0, 0.1) is 6.92 Å². The summed E-state index contributed by atoms with van der Waals surface area (Å²) in [6, 6.07) is 6.05. The SMILES string of the molecule is Cc1cccnc1N1CCN(c2nc(C3(F)CCC3)nc3cnc(N4CC[C@H](O)C4)cc23)CC1. The van der Waals surface area contributed by atoms with Gasteiger partial charge in [-0.3, -0.25) is 0 Å². The maximum absolute atomic E-state index is 15.4. The summed E-state index contributed by atoms with van der Waals surface area (Å²) in [6.45, 7) is 6.58. The number of hydrogen-bond acceptors (Lipinski definition) is 8. The number of rotatable bonds is 4. The van der Waals surface area contributed by atoms with Crippen LogP contribution in [0.15, 0.2) is 30.6 Å². The fourth-order valence-corrected chi connectivity index (χ4v) is 5.22. The van der Waals surface area contributed by atoms with Gasteiger partial charge < -0.3 is 19.8 Å². The van der Waals surface area contributed by atoms with Crippen LogP contribution in [0.2, 0.25) is 0 Å². The van der Waals surface area contributed by atoms with Gasteiger partial charge in [0.05, 0.1) is 17.8 Å². The molecule has 1 N–H and O–H groups in total. The van der Waals surface area contributed by atoms with Crippen molar-refractivity contribution in [2.75, 3.05) is 54.0 Å². The molecule has 6 rings (SSSR count). The molecule has 0 bridgehead atoms. The van der Waals surface area contributed by atoms with E-state index in [0.717, 1.165) is 68.4 Å². The molecule has 9 heteroatoms. The average Bonchev–Trinajstić information content (AvgIpc) is 3.28. The minimum absolute atomic E-state index is 0.287. The summed E-state index contributed by atoms with van der Waals surface area (Å²) < 4.78 is 15.4. The molecule has 0 amide bonds. The van der Waals surface area contributed by atoms with E-state index in [2.05, 4.69) is 42.6 Å². The first-order chi connectivity index (χ1) is 16.5. The van der Waals surface area contributed by atoms with Crippen molar-refractivity contribution in [2.45, 2.75) is 44.4 Å². The number of hydrogen-bond donors (Lipinski definition) is 1. The third-order valence-electron chi connectivity index (χ3n) is 7.44. The van der Waals surface area contributed by atoms with Crippen molar-refractivity contribution in [3.63, 3.8) is 0 Å². The molecule has 3 aromatic rings. The Hall–Kier alpha value is -3.07. The van der Waals surface area contributed by atoms with Gasteiger partial charge in [0.15, 0.2) is 11.5 Å². The quantitative estimate of drug-likeness (QED) is 0.633. The Kier molecular flexibility index (Phi) is 5.24. The summed E-state index contributed by atoms with van der Waals surface area (Å²) in [6.07, 6.45) is 5.79. The number of alkyl halides is 1. The second-order valence-electron chi connectivity index (χ2n) is 9.76. The van der Waals surface area contributed by atoms with Crippen LogP contribution >= 0.6 is 0 Å². The van der Waals surface area contributed by atoms with Gasteiger partial charge in [0, 0.05) is 50.9 Å². The summed E-state index contributed by atoms with van der Waals surface area (Å²) in [4.78, 5) is 25.3. The van der Waals surface area contributed by atoms with E-state index in [-0.39, 0.29) is 11.9 Å². The molecule has 34 heavy (non-hydrogen) atoms. The van der Waals surface area contributed by atoms with E-state index in [4.69, 9.17) is 4.98 Å². The zero-order valence-corrected chi connectivity index (χ0v) is 19.5. The lowest BCUT2D eigenvalue weighted by Crippen LogP contribution is -2.47. The predicted molar refractivity (Wildman–Crippen MR) is 130 cm³/mol. The topological polar surface area (TPSA) is 81.5 Å². The first-order valence-corrected chi connectivity index (χ1v) is 12.2. The van der Waals surface area contributed by atoms with Crippen LogP contribution in [-0.2, 0) is 5.67 Å². The van der Waals surface area contributed by atoms with Crippen molar-refractivity contribution in [3.8, 4) is 0 Å². The molecule has 0 radical (unpaired) electrons. The summed E-state index contributed by atoms with van der Waals surface area (Å²) >= 11 is 0. The Bertz CT molecular complexity index is 1210. The summed E-state index contributed by atoms with van der Waals surface area (Å²) in [7, 11) is 0. The van der Waals surface area contributed by atoms with E-state index in [1.165, 1.54) is 5.56 Å². The average molecular weight is 464 g/mol. The number of halogens is 1. The molecule has 3 aliphatic rings. The number of anilines is 3. The Balaban J connectivity index is 1.35. The van der Waals surface area contributed by atoms with Crippen LogP contribution < -0.4 is 14.7 Å². The van der Waals surface area contributed by atoms with Gasteiger partial charge in [-0.15, -0.1) is 0 Å². The Morgan fingerprint density at radius 1 is 1.00 bits per heavy atom. The summed E-state index contributed by atoms with van der Waals surface area (Å²) in [5.74, 6) is 2.90. The van der Waals surface area contributed by atoms with Gasteiger partial charge in [0.2, 0.25) is 0 Å². The number of β-amino-alcohol motifs (C(OH)–C–C–N with tert-alkyl or cyclic N) is 1. The second kappa shape index (κ2) is 8.30. The summed E-state index contributed by atoms with van der Waals surface area (Å²) in [5, 5.41) is 10.9. The molecule has 3 fully saturated rings. The molecule has 1 saturated carbocycles. The van der Waals surface area contributed by atoms with Crippen LogP contribution in [0.3, 0.4) is 0 Å². The lowest BCUT2D eigenvalue weighted by molar-refractivity contribution is 0.0512. The zero-order chi connectivity index (χ0) is 23.3. The van der Waals surface area contributed by atoms with E-state index < -0.39 is 5.67 Å². The maximum atomic E-state index is 15.4. The third kappa shape index (κ3) is 3.72. The first-order valence-electron chi connectivity index (χ1n) is 12.2. The fraction of sp³-hybridized carbons (Fsp3) is 0.520. The highest BCUT2D eigenvalue weighted by atomic mass is 19.1. The van der Waals surface area contributed by atoms with Crippen molar-refractivity contribution in [3.05, 3.63) is 42.0 Å². The summed E-state index contributed by atoms with van der Waals surface area (Å²) in [5.41, 5.74) is 0.405. The first kappa shape index (κ1) is 21.5. The zero-order valence-electron chi connectivity index (χ0n) is 19.5. The van der Waals surface area contributed by atoms with Gasteiger partial charge in [-0.25, -0.2) is 24.3 Å². The van der Waals surface area contributed by atoms with Crippen molar-refractivity contribution >= 4 is 28.4 Å². The largest absolute Gasteiger partial charge is 0.391 e. The predicted octanol–water partition coefficient (Wildman–Crippen LogP) is 2.97. The molecule has 2 saturated heterocycles. The molecule has 5 heterocycles. The van der Waals surface area contributed by atoms with Gasteiger partial charge in [-0.05, 0) is 50.3 Å². The third-order valence-corrected chi connectivity index (χ3v) is 7.44. The number of piperazine rings is 1. The molecule has 178 valence electrons. The number of aliphatic hydroxyl groups excluding tert-OH is 1. The van der Waals surface area contributed by atoms with Crippen LogP contribution in [0.5, 0.6) is 0 Å². The van der Waals surface area contributed by atoms with Crippen LogP contribution in [0.4, 0.5) is 21.8 Å². The van der Waals surface area contributed by atoms with Crippen LogP contribution in [0.1, 0.15) is 37.1 Å². The molecule has 0 aromatic carbocycles. The van der Waals surface area contributed by atoms with Crippen molar-refractivity contribution in [1.29, 1.82) is 0 Å². The minimum Gasteiger partial charge on any atom is -0.391 e. The van der Waals surface area contributed by atoms with E-state index >= 15 is 4.39 Å². The van der Waals surface area contributed by atoms with Gasteiger partial charge in [-0.2, -0.15) is 0 Å². The van der Waals surface area contributed by atoms with Gasteiger partial charge >= 0.3 is 0 Å². The molecule has 3 aromatic heterocycles. The number of aromatic nitrogens is 4. The highest BCUT2D eigenvalue weighted by Crippen LogP contribution is 2.44. The number of aryl methyl sites for hydroxylation is 1. The molecule has 0 spiro atoms. The van der Waals surface area contributed by atoms with Crippen LogP contribution in [-0.4, -0.2) is 70.4 Å². The lowest BCUT2D eigenvalue weighted by atomic mass is 9.81. The van der Waals surface area contributed by atoms with Gasteiger partial charge in [0.1, 0.15) is 17.5 Å². The molecule has 8 nitrogen and oxygen atoms in total. The van der Waals surface area contributed by atoms with Crippen molar-refractivity contribution in [1.82, 2.24) is 19.9 Å². The highest BCUT2D eigenvalue weighted by molar-refractivity contribution is 5.91. The highest BCUT2D eigenvalue weighted by Gasteiger charge is 2.42. The standard InChI is InChI=1S/C25H30FN7O/c1-17-4-2-8-27-22(17)31-10-12-32(13-11-31)23-19-14-21(33-9-5-18(34)16-33)28-15-20(19)29-24(30-23)25(26)6-3-7-25/h2,4,8,14-15,18,34H,3,5-7,9-13,16H2,1H3/t18-/m0/s1. The minimum atomic E-state index is -1.44. The normalized spacial score (nSPS) is 22.3. The van der Waals surface area contributed by atoms with E-state index in [1.807, 2.05) is 18.3 Å². The Labute approximate surface area is 198 Å². The number of fused-ring (bicyclic) bond motifs is 1. The molecular formula is C25H30FN7O. The lowest BCUT2D eigenvalue weighted by Gasteiger charge is -2.38. The monoisotopic (exact) mass is 463 g/mol. The van der Waals surface area contributed by atoms with Gasteiger partial charge in [0.25, 0.3) is 0 Å². The van der Waals surface area contributed by atoms with E-state index in [1.54, 1.807) is 6.20 Å². The smallest absolute Gasteiger partial charge is 0.170 e. The second-order valence-corrected chi connectivity index (χ2v) is 9.76. The molecular weight excluding hydrogens is 433 g/mol.